The molecule has 0 N–H and O–H groups in total. The quantitative estimate of drug-likeness (QED) is 0.446. The van der Waals surface area contributed by atoms with Crippen molar-refractivity contribution in [2.45, 2.75) is 63.7 Å². The fourth-order valence-corrected chi connectivity index (χ4v) is 5.76. The van der Waals surface area contributed by atoms with Gasteiger partial charge in [-0.05, 0) is 66.9 Å². The predicted molar refractivity (Wildman–Crippen MR) is 120 cm³/mol. The van der Waals surface area contributed by atoms with Gasteiger partial charge in [-0.2, -0.15) is 0 Å². The van der Waals surface area contributed by atoms with Gasteiger partial charge in [0.25, 0.3) is 0 Å². The summed E-state index contributed by atoms with van der Waals surface area (Å²) in [6, 6.07) is 17.6. The second kappa shape index (κ2) is 9.46. The molecule has 0 spiro atoms. The summed E-state index contributed by atoms with van der Waals surface area (Å²) in [5.74, 6) is 1.93. The molecule has 150 valence electrons. The molecule has 2 heteroatoms. The SMILES string of the molecule is CCCCCCCN1CCC2CC(c3ccccc3Cl)c3ccccc3C2C1. The normalized spacial score (nSPS) is 24.6. The van der Waals surface area contributed by atoms with E-state index < -0.39 is 0 Å². The van der Waals surface area contributed by atoms with Crippen molar-refractivity contribution in [3.63, 3.8) is 0 Å². The molecule has 0 amide bonds. The number of likely N-dealkylation sites (tertiary alicyclic amines) is 1. The van der Waals surface area contributed by atoms with Gasteiger partial charge in [-0.3, -0.25) is 0 Å². The lowest BCUT2D eigenvalue weighted by molar-refractivity contribution is 0.140. The molecule has 2 aromatic rings. The molecule has 1 fully saturated rings. The van der Waals surface area contributed by atoms with E-state index in [4.69, 9.17) is 11.6 Å². The number of hydrogen-bond acceptors (Lipinski definition) is 1. The minimum Gasteiger partial charge on any atom is -0.303 e. The maximum atomic E-state index is 6.61. The minimum atomic E-state index is 0.451. The summed E-state index contributed by atoms with van der Waals surface area (Å²) in [7, 11) is 0. The third kappa shape index (κ3) is 4.31. The molecule has 3 unspecified atom stereocenters. The average molecular weight is 396 g/mol. The number of hydrogen-bond donors (Lipinski definition) is 0. The number of benzene rings is 2. The lowest BCUT2D eigenvalue weighted by Gasteiger charge is -2.45. The topological polar surface area (TPSA) is 3.24 Å². The van der Waals surface area contributed by atoms with Crippen LogP contribution in [0.1, 0.15) is 80.4 Å². The molecule has 1 aliphatic carbocycles. The lowest BCUT2D eigenvalue weighted by atomic mass is 9.66. The van der Waals surface area contributed by atoms with Crippen LogP contribution >= 0.6 is 11.6 Å². The zero-order chi connectivity index (χ0) is 19.3. The maximum absolute atomic E-state index is 6.61. The van der Waals surface area contributed by atoms with Crippen LogP contribution in [0, 0.1) is 5.92 Å². The van der Waals surface area contributed by atoms with Crippen LogP contribution in [0.25, 0.3) is 0 Å². The number of nitrogens with zero attached hydrogens (tertiary/aromatic N) is 1. The first-order valence-corrected chi connectivity index (χ1v) is 11.7. The first-order chi connectivity index (χ1) is 13.8. The van der Waals surface area contributed by atoms with E-state index in [0.717, 1.165) is 10.9 Å². The van der Waals surface area contributed by atoms with Gasteiger partial charge in [0.2, 0.25) is 0 Å². The zero-order valence-electron chi connectivity index (χ0n) is 17.2. The number of halogens is 1. The van der Waals surface area contributed by atoms with Gasteiger partial charge in [0.1, 0.15) is 0 Å². The predicted octanol–water partition coefficient (Wildman–Crippen LogP) is 7.25. The van der Waals surface area contributed by atoms with E-state index >= 15 is 0 Å². The van der Waals surface area contributed by atoms with Crippen molar-refractivity contribution in [1.29, 1.82) is 0 Å². The molecule has 3 atom stereocenters. The van der Waals surface area contributed by atoms with Crippen molar-refractivity contribution < 1.29 is 0 Å². The number of fused-ring (bicyclic) bond motifs is 3. The Hall–Kier alpha value is -1.31. The van der Waals surface area contributed by atoms with Gasteiger partial charge in [0, 0.05) is 17.5 Å². The van der Waals surface area contributed by atoms with Gasteiger partial charge in [0.15, 0.2) is 0 Å². The van der Waals surface area contributed by atoms with Crippen molar-refractivity contribution >= 4 is 11.6 Å². The van der Waals surface area contributed by atoms with E-state index in [2.05, 4.69) is 48.2 Å². The van der Waals surface area contributed by atoms with Crippen LogP contribution in [0.2, 0.25) is 5.02 Å². The first-order valence-electron chi connectivity index (χ1n) is 11.3. The summed E-state index contributed by atoms with van der Waals surface area (Å²) in [5, 5.41) is 0.922. The Balaban J connectivity index is 1.50. The second-order valence-corrected chi connectivity index (χ2v) is 9.22. The van der Waals surface area contributed by atoms with Crippen LogP contribution < -0.4 is 0 Å². The van der Waals surface area contributed by atoms with Crippen molar-refractivity contribution in [1.82, 2.24) is 4.90 Å². The first kappa shape index (κ1) is 20.0. The maximum Gasteiger partial charge on any atom is 0.0444 e. The smallest absolute Gasteiger partial charge is 0.0444 e. The summed E-state index contributed by atoms with van der Waals surface area (Å²) in [4.78, 5) is 2.74. The summed E-state index contributed by atoms with van der Waals surface area (Å²) in [5.41, 5.74) is 4.41. The Morgan fingerprint density at radius 1 is 0.893 bits per heavy atom. The molecule has 2 aliphatic rings. The van der Waals surface area contributed by atoms with E-state index in [0.29, 0.717) is 11.8 Å². The lowest BCUT2D eigenvalue weighted by Crippen LogP contribution is -2.42. The highest BCUT2D eigenvalue weighted by molar-refractivity contribution is 6.31. The number of piperidine rings is 1. The van der Waals surface area contributed by atoms with Crippen LogP contribution in [-0.4, -0.2) is 24.5 Å². The minimum absolute atomic E-state index is 0.451. The zero-order valence-corrected chi connectivity index (χ0v) is 18.0. The van der Waals surface area contributed by atoms with Crippen LogP contribution in [0.5, 0.6) is 0 Å². The van der Waals surface area contributed by atoms with E-state index in [9.17, 15) is 0 Å². The highest BCUT2D eigenvalue weighted by Crippen LogP contribution is 2.49. The molecule has 28 heavy (non-hydrogen) atoms. The van der Waals surface area contributed by atoms with Gasteiger partial charge in [-0.15, -0.1) is 0 Å². The molecular weight excluding hydrogens is 362 g/mol. The summed E-state index contributed by atoms with van der Waals surface area (Å²) >= 11 is 6.61. The Morgan fingerprint density at radius 3 is 2.39 bits per heavy atom. The van der Waals surface area contributed by atoms with Gasteiger partial charge >= 0.3 is 0 Å². The van der Waals surface area contributed by atoms with Gasteiger partial charge in [-0.1, -0.05) is 86.7 Å². The molecule has 4 rings (SSSR count). The fourth-order valence-electron chi connectivity index (χ4n) is 5.49. The average Bonchev–Trinajstić information content (AvgIpc) is 2.73. The molecule has 0 aromatic heterocycles. The van der Waals surface area contributed by atoms with E-state index in [1.54, 1.807) is 5.56 Å². The Bertz CT molecular complexity index is 771. The molecule has 0 saturated carbocycles. The summed E-state index contributed by atoms with van der Waals surface area (Å²) in [6.07, 6.45) is 9.45. The second-order valence-electron chi connectivity index (χ2n) is 8.81. The highest BCUT2D eigenvalue weighted by atomic mass is 35.5. The van der Waals surface area contributed by atoms with Gasteiger partial charge in [0.05, 0.1) is 0 Å². The molecule has 0 bridgehead atoms. The number of unbranched alkanes of at least 4 members (excludes halogenated alkanes) is 4. The molecule has 0 radical (unpaired) electrons. The van der Waals surface area contributed by atoms with E-state index in [1.807, 2.05) is 12.1 Å². The van der Waals surface area contributed by atoms with Gasteiger partial charge in [-0.25, -0.2) is 0 Å². The molecule has 1 saturated heterocycles. The van der Waals surface area contributed by atoms with Crippen LogP contribution in [0.15, 0.2) is 48.5 Å². The van der Waals surface area contributed by atoms with Crippen LogP contribution in [0.4, 0.5) is 0 Å². The van der Waals surface area contributed by atoms with Crippen molar-refractivity contribution in [2.75, 3.05) is 19.6 Å². The van der Waals surface area contributed by atoms with Crippen molar-refractivity contribution in [3.8, 4) is 0 Å². The summed E-state index contributed by atoms with van der Waals surface area (Å²) < 4.78 is 0. The highest BCUT2D eigenvalue weighted by Gasteiger charge is 2.38. The van der Waals surface area contributed by atoms with Crippen LogP contribution in [-0.2, 0) is 0 Å². The largest absolute Gasteiger partial charge is 0.303 e. The molecule has 1 nitrogen and oxygen atoms in total. The van der Waals surface area contributed by atoms with E-state index in [1.165, 1.54) is 75.7 Å². The van der Waals surface area contributed by atoms with E-state index in [-0.39, 0.29) is 0 Å². The third-order valence-electron chi connectivity index (χ3n) is 7.01. The van der Waals surface area contributed by atoms with Gasteiger partial charge < -0.3 is 4.90 Å². The molecule has 2 aromatic carbocycles. The fraction of sp³-hybridized carbons (Fsp3) is 0.538. The Labute approximate surface area is 176 Å². The monoisotopic (exact) mass is 395 g/mol. The Kier molecular flexibility index (Phi) is 6.75. The molecule has 1 heterocycles. The van der Waals surface area contributed by atoms with Crippen LogP contribution in [0.3, 0.4) is 0 Å². The Morgan fingerprint density at radius 2 is 1.61 bits per heavy atom. The molecular formula is C26H34ClN. The summed E-state index contributed by atoms with van der Waals surface area (Å²) in [6.45, 7) is 6.08. The number of rotatable bonds is 7. The van der Waals surface area contributed by atoms with Crippen molar-refractivity contribution in [3.05, 3.63) is 70.2 Å². The van der Waals surface area contributed by atoms with Crippen molar-refractivity contribution in [2.24, 2.45) is 5.92 Å². The standard InChI is InChI=1S/C26H34ClN/c1-2-3-4-5-10-16-28-17-15-20-18-24(23-13-8-9-14-26(23)27)21-11-6-7-12-22(21)25(20)19-28/h6-9,11-14,20,24-25H,2-5,10,15-19H2,1H3. The molecule has 1 aliphatic heterocycles. The third-order valence-corrected chi connectivity index (χ3v) is 7.35.